The van der Waals surface area contributed by atoms with Crippen LogP contribution in [0.4, 0.5) is 29.2 Å². The summed E-state index contributed by atoms with van der Waals surface area (Å²) in [5, 5.41) is 18.4. The first-order valence-corrected chi connectivity index (χ1v) is 13.4. The van der Waals surface area contributed by atoms with Gasteiger partial charge in [-0.3, -0.25) is 10.1 Å². The monoisotopic (exact) mass is 714 g/mol. The van der Waals surface area contributed by atoms with Gasteiger partial charge in [-0.1, -0.05) is 12.8 Å². The Morgan fingerprint density at radius 3 is 2.42 bits per heavy atom. The van der Waals surface area contributed by atoms with Gasteiger partial charge in [-0.15, -0.1) is 0 Å². The second-order valence-electron chi connectivity index (χ2n) is 7.99. The third-order valence-corrected chi connectivity index (χ3v) is 6.88. The van der Waals surface area contributed by atoms with Crippen molar-refractivity contribution in [2.45, 2.75) is 25.7 Å². The maximum Gasteiger partial charge on any atom is 0.269 e. The van der Waals surface area contributed by atoms with Gasteiger partial charge in [0.05, 0.1) is 21.8 Å². The molecule has 188 valence electrons. The quantitative estimate of drug-likeness (QED) is 0.133. The summed E-state index contributed by atoms with van der Waals surface area (Å²) in [4.78, 5) is 26.3. The van der Waals surface area contributed by atoms with E-state index in [1.165, 1.54) is 25.0 Å². The summed E-state index contributed by atoms with van der Waals surface area (Å²) in [7, 11) is 1.63. The van der Waals surface area contributed by atoms with Crippen LogP contribution in [-0.2, 0) is 0 Å². The van der Waals surface area contributed by atoms with Crippen LogP contribution in [0.5, 0.6) is 5.75 Å². The van der Waals surface area contributed by atoms with Crippen molar-refractivity contribution in [3.05, 3.63) is 59.2 Å². The van der Waals surface area contributed by atoms with Crippen LogP contribution in [-0.4, -0.2) is 46.3 Å². The highest BCUT2D eigenvalue weighted by atomic mass is 127. The van der Waals surface area contributed by atoms with Crippen molar-refractivity contribution in [1.29, 1.82) is 0 Å². The van der Waals surface area contributed by atoms with Crippen LogP contribution >= 0.6 is 45.2 Å². The molecule has 4 rings (SSSR count). The Labute approximate surface area is 235 Å². The van der Waals surface area contributed by atoms with Gasteiger partial charge in [-0.2, -0.15) is 20.1 Å². The predicted octanol–water partition coefficient (Wildman–Crippen LogP) is 5.57. The number of hydrazone groups is 1. The van der Waals surface area contributed by atoms with Gasteiger partial charge in [0, 0.05) is 40.0 Å². The molecule has 1 aromatic heterocycles. The van der Waals surface area contributed by atoms with Gasteiger partial charge >= 0.3 is 0 Å². The maximum atomic E-state index is 11.0. The first-order chi connectivity index (χ1) is 17.4. The minimum absolute atomic E-state index is 0.0128. The number of methoxy groups -OCH3 is 1. The van der Waals surface area contributed by atoms with E-state index in [0.717, 1.165) is 44.4 Å². The molecule has 1 aliphatic heterocycles. The lowest BCUT2D eigenvalue weighted by atomic mass is 10.2. The summed E-state index contributed by atoms with van der Waals surface area (Å²) in [5.74, 6) is 1.89. The smallest absolute Gasteiger partial charge is 0.269 e. The number of nitrogens with zero attached hydrogens (tertiary/aromatic N) is 6. The number of benzene rings is 2. The molecule has 36 heavy (non-hydrogen) atoms. The van der Waals surface area contributed by atoms with E-state index >= 15 is 0 Å². The second-order valence-corrected chi connectivity index (χ2v) is 10.4. The van der Waals surface area contributed by atoms with Crippen molar-refractivity contribution in [1.82, 2.24) is 15.0 Å². The van der Waals surface area contributed by atoms with Gasteiger partial charge in [0.1, 0.15) is 5.75 Å². The van der Waals surface area contributed by atoms with Crippen molar-refractivity contribution in [2.24, 2.45) is 5.10 Å². The molecule has 2 N–H and O–H groups in total. The molecule has 1 saturated heterocycles. The van der Waals surface area contributed by atoms with Crippen LogP contribution in [0.25, 0.3) is 0 Å². The molecule has 0 amide bonds. The molecule has 0 atom stereocenters. The molecule has 1 fully saturated rings. The fourth-order valence-corrected chi connectivity index (χ4v) is 5.84. The minimum Gasteiger partial charge on any atom is -0.495 e. The van der Waals surface area contributed by atoms with Crippen molar-refractivity contribution in [2.75, 3.05) is 35.8 Å². The molecule has 0 spiro atoms. The number of hydrogen-bond acceptors (Lipinski definition) is 10. The molecule has 0 radical (unpaired) electrons. The van der Waals surface area contributed by atoms with Gasteiger partial charge in [0.2, 0.25) is 17.8 Å². The Morgan fingerprint density at radius 2 is 1.75 bits per heavy atom. The van der Waals surface area contributed by atoms with E-state index in [1.54, 1.807) is 25.5 Å². The summed E-state index contributed by atoms with van der Waals surface area (Å²) in [6.07, 6.45) is 6.18. The number of aromatic nitrogens is 3. The highest BCUT2D eigenvalue weighted by molar-refractivity contribution is 14.1. The van der Waals surface area contributed by atoms with Gasteiger partial charge in [-0.05, 0) is 82.3 Å². The summed E-state index contributed by atoms with van der Waals surface area (Å²) in [6, 6.07) is 10.1. The number of rotatable bonds is 8. The molecule has 0 saturated carbocycles. The van der Waals surface area contributed by atoms with Crippen molar-refractivity contribution in [3.63, 3.8) is 0 Å². The summed E-state index contributed by atoms with van der Waals surface area (Å²) >= 11 is 4.48. The van der Waals surface area contributed by atoms with E-state index < -0.39 is 4.92 Å². The first-order valence-electron chi connectivity index (χ1n) is 11.3. The standard InChI is InChI=1S/C23H24I2N8O3/c1-36-20-15(12-16(24)13-19(20)25)14-26-31-22-28-21(27-17-6-8-18(9-7-17)33(34)35)29-23(30-22)32-10-4-2-3-5-11-32/h6-9,12-14H,2-5,10-11H2,1H3,(H2,27,28,29,30,31)/b26-14+. The number of nitrogens with one attached hydrogen (secondary N) is 2. The SMILES string of the molecule is COc1c(I)cc(I)cc1/C=N/Nc1nc(Nc2ccc([N+](=O)[O-])cc2)nc(N2CCCCCC2)n1. The Hall–Kier alpha value is -2.82. The highest BCUT2D eigenvalue weighted by Crippen LogP contribution is 2.27. The van der Waals surface area contributed by atoms with Crippen molar-refractivity contribution < 1.29 is 9.66 Å². The number of non-ortho nitro benzene ring substituents is 1. The largest absolute Gasteiger partial charge is 0.495 e. The number of ether oxygens (including phenoxy) is 1. The van der Waals surface area contributed by atoms with Crippen molar-refractivity contribution in [3.8, 4) is 5.75 Å². The molecule has 0 unspecified atom stereocenters. The molecule has 1 aliphatic rings. The van der Waals surface area contributed by atoms with Crippen molar-refractivity contribution >= 4 is 80.6 Å². The minimum atomic E-state index is -0.437. The summed E-state index contributed by atoms with van der Waals surface area (Å²) in [6.45, 7) is 1.73. The number of anilines is 4. The normalized spacial score (nSPS) is 13.9. The number of halogens is 2. The van der Waals surface area contributed by atoms with E-state index in [-0.39, 0.29) is 11.6 Å². The molecule has 2 heterocycles. The zero-order chi connectivity index (χ0) is 25.5. The van der Waals surface area contributed by atoms with Crippen LogP contribution in [0.2, 0.25) is 0 Å². The van der Waals surface area contributed by atoms with Crippen LogP contribution in [0.3, 0.4) is 0 Å². The molecule has 2 aromatic carbocycles. The van der Waals surface area contributed by atoms with Gasteiger partial charge in [-0.25, -0.2) is 5.43 Å². The lowest BCUT2D eigenvalue weighted by Gasteiger charge is -2.21. The van der Waals surface area contributed by atoms with Crippen LogP contribution in [0.15, 0.2) is 41.5 Å². The molecule has 13 heteroatoms. The van der Waals surface area contributed by atoms with Crippen LogP contribution < -0.4 is 20.4 Å². The molecule has 11 nitrogen and oxygen atoms in total. The van der Waals surface area contributed by atoms with Crippen LogP contribution in [0, 0.1) is 17.3 Å². The molecule has 3 aromatic rings. The van der Waals surface area contributed by atoms with E-state index in [4.69, 9.17) is 4.74 Å². The Kier molecular flexibility index (Phi) is 9.06. The lowest BCUT2D eigenvalue weighted by molar-refractivity contribution is -0.384. The molecule has 0 aliphatic carbocycles. The fourth-order valence-electron chi connectivity index (χ4n) is 3.73. The number of nitro groups is 1. The van der Waals surface area contributed by atoms with Gasteiger partial charge < -0.3 is 15.0 Å². The highest BCUT2D eigenvalue weighted by Gasteiger charge is 2.16. The van der Waals surface area contributed by atoms with E-state index in [1.807, 2.05) is 12.1 Å². The van der Waals surface area contributed by atoms with E-state index in [9.17, 15) is 10.1 Å². The first kappa shape index (κ1) is 26.2. The summed E-state index contributed by atoms with van der Waals surface area (Å²) in [5.41, 5.74) is 4.38. The second kappa shape index (κ2) is 12.4. The molecule has 0 bridgehead atoms. The summed E-state index contributed by atoms with van der Waals surface area (Å²) < 4.78 is 7.58. The molecular formula is C23H24I2N8O3. The zero-order valence-electron chi connectivity index (χ0n) is 19.4. The predicted molar refractivity (Wildman–Crippen MR) is 157 cm³/mol. The van der Waals surface area contributed by atoms with Gasteiger partial charge in [0.15, 0.2) is 0 Å². The van der Waals surface area contributed by atoms with E-state index in [0.29, 0.717) is 17.6 Å². The zero-order valence-corrected chi connectivity index (χ0v) is 23.8. The Balaban J connectivity index is 1.60. The average molecular weight is 714 g/mol. The number of hydrogen-bond donors (Lipinski definition) is 2. The Morgan fingerprint density at radius 1 is 1.06 bits per heavy atom. The fraction of sp³-hybridized carbons (Fsp3) is 0.304. The van der Waals surface area contributed by atoms with E-state index in [2.05, 4.69) is 80.9 Å². The van der Waals surface area contributed by atoms with Crippen LogP contribution in [0.1, 0.15) is 31.2 Å². The maximum absolute atomic E-state index is 11.0. The number of nitro benzene ring substituents is 1. The topological polar surface area (TPSA) is 131 Å². The average Bonchev–Trinajstić information content (AvgIpc) is 3.14. The Bertz CT molecular complexity index is 1250. The lowest BCUT2D eigenvalue weighted by Crippen LogP contribution is -2.26. The third kappa shape index (κ3) is 6.89. The van der Waals surface area contributed by atoms with Gasteiger partial charge in [0.25, 0.3) is 5.69 Å². The third-order valence-electron chi connectivity index (χ3n) is 5.46. The molecular weight excluding hydrogens is 690 g/mol.